The van der Waals surface area contributed by atoms with Crippen LogP contribution in [0.3, 0.4) is 0 Å². The highest BCUT2D eigenvalue weighted by Gasteiger charge is 2.46. The fourth-order valence-corrected chi connectivity index (χ4v) is 5.23. The molecule has 2 rings (SSSR count). The second-order valence-electron chi connectivity index (χ2n) is 6.05. The molecule has 1 aliphatic carbocycles. The van der Waals surface area contributed by atoms with E-state index in [1.54, 1.807) is 13.0 Å². The van der Waals surface area contributed by atoms with Gasteiger partial charge in [-0.05, 0) is 47.2 Å². The molecular formula is C15H19BrF2O2S. The summed E-state index contributed by atoms with van der Waals surface area (Å²) >= 11 is 4.28. The number of carboxylic acid groups (broad SMARTS) is 1. The third kappa shape index (κ3) is 4.03. The summed E-state index contributed by atoms with van der Waals surface area (Å²) in [7, 11) is 0. The fraction of sp³-hybridized carbons (Fsp3) is 0.667. The van der Waals surface area contributed by atoms with Gasteiger partial charge in [-0.15, -0.1) is 11.3 Å². The van der Waals surface area contributed by atoms with Crippen LogP contribution in [0.25, 0.3) is 0 Å². The molecule has 0 bridgehead atoms. The van der Waals surface area contributed by atoms with E-state index in [1.165, 1.54) is 0 Å². The van der Waals surface area contributed by atoms with Crippen molar-refractivity contribution in [1.82, 2.24) is 0 Å². The molecule has 1 saturated carbocycles. The molecule has 1 aromatic heterocycles. The van der Waals surface area contributed by atoms with Gasteiger partial charge in [0, 0.05) is 15.8 Å². The number of aryl methyl sites for hydroxylation is 1. The van der Waals surface area contributed by atoms with Gasteiger partial charge >= 0.3 is 5.97 Å². The Morgan fingerprint density at radius 1 is 1.43 bits per heavy atom. The van der Waals surface area contributed by atoms with Gasteiger partial charge in [-0.1, -0.05) is 19.3 Å². The molecule has 6 heteroatoms. The Morgan fingerprint density at radius 2 is 2.05 bits per heavy atom. The average Bonchev–Trinajstić information content (AvgIpc) is 2.68. The number of aliphatic carboxylic acids is 1. The molecule has 1 N–H and O–H groups in total. The number of rotatable bonds is 5. The Bertz CT molecular complexity index is 522. The van der Waals surface area contributed by atoms with E-state index in [4.69, 9.17) is 5.11 Å². The second kappa shape index (κ2) is 6.32. The Hall–Kier alpha value is -0.490. The van der Waals surface area contributed by atoms with E-state index in [1.807, 2.05) is 0 Å². The SMILES string of the molecule is Cc1cc(Br)c(C(F)(F)CC2(CC(=O)O)CCCCC2)s1. The predicted molar refractivity (Wildman–Crippen MR) is 83.0 cm³/mol. The standard InChI is InChI=1S/C15H19BrF2O2S/c1-10-7-11(16)13(21-10)15(17,18)9-14(8-12(19)20)5-3-2-4-6-14/h7H,2-6,8-9H2,1H3,(H,19,20). The monoisotopic (exact) mass is 380 g/mol. The summed E-state index contributed by atoms with van der Waals surface area (Å²) in [5, 5.41) is 9.11. The number of alkyl halides is 2. The van der Waals surface area contributed by atoms with Gasteiger partial charge < -0.3 is 5.11 Å². The minimum atomic E-state index is -2.98. The Balaban J connectivity index is 2.26. The molecule has 21 heavy (non-hydrogen) atoms. The van der Waals surface area contributed by atoms with Crippen LogP contribution in [0.15, 0.2) is 10.5 Å². The molecule has 0 amide bonds. The molecule has 1 fully saturated rings. The maximum atomic E-state index is 14.7. The van der Waals surface area contributed by atoms with Crippen LogP contribution in [0.2, 0.25) is 0 Å². The van der Waals surface area contributed by atoms with Gasteiger partial charge in [0.05, 0.1) is 11.3 Å². The van der Waals surface area contributed by atoms with Crippen LogP contribution in [-0.4, -0.2) is 11.1 Å². The van der Waals surface area contributed by atoms with Crippen molar-refractivity contribution in [3.05, 3.63) is 20.3 Å². The van der Waals surface area contributed by atoms with E-state index < -0.39 is 17.3 Å². The van der Waals surface area contributed by atoms with Gasteiger partial charge in [-0.3, -0.25) is 4.79 Å². The maximum absolute atomic E-state index is 14.7. The number of carbonyl (C=O) groups is 1. The lowest BCUT2D eigenvalue weighted by Gasteiger charge is -2.38. The summed E-state index contributed by atoms with van der Waals surface area (Å²) in [4.78, 5) is 12.0. The Morgan fingerprint density at radius 3 is 2.52 bits per heavy atom. The van der Waals surface area contributed by atoms with Crippen molar-refractivity contribution >= 4 is 33.2 Å². The van der Waals surface area contributed by atoms with E-state index in [-0.39, 0.29) is 17.7 Å². The first-order chi connectivity index (χ1) is 9.74. The quantitative estimate of drug-likeness (QED) is 0.708. The van der Waals surface area contributed by atoms with Crippen molar-refractivity contribution in [2.75, 3.05) is 0 Å². The molecule has 0 aliphatic heterocycles. The zero-order valence-electron chi connectivity index (χ0n) is 11.9. The van der Waals surface area contributed by atoms with E-state index in [0.717, 1.165) is 35.5 Å². The molecule has 1 aliphatic rings. The number of thiophene rings is 1. The van der Waals surface area contributed by atoms with Gasteiger partial charge in [0.1, 0.15) is 0 Å². The number of hydrogen-bond donors (Lipinski definition) is 1. The molecule has 0 radical (unpaired) electrons. The second-order valence-corrected chi connectivity index (χ2v) is 8.16. The molecule has 0 aromatic carbocycles. The number of hydrogen-bond acceptors (Lipinski definition) is 2. The molecule has 0 atom stereocenters. The van der Waals surface area contributed by atoms with Crippen LogP contribution in [0.1, 0.15) is 54.7 Å². The van der Waals surface area contributed by atoms with Gasteiger partial charge in [0.15, 0.2) is 0 Å². The number of halogens is 3. The highest BCUT2D eigenvalue weighted by molar-refractivity contribution is 9.10. The van der Waals surface area contributed by atoms with Crippen LogP contribution in [0.4, 0.5) is 8.78 Å². The molecule has 2 nitrogen and oxygen atoms in total. The predicted octanol–water partition coefficient (Wildman–Crippen LogP) is 5.73. The topological polar surface area (TPSA) is 37.3 Å². The van der Waals surface area contributed by atoms with Crippen LogP contribution in [0, 0.1) is 12.3 Å². The van der Waals surface area contributed by atoms with Crippen molar-refractivity contribution in [3.8, 4) is 0 Å². The molecule has 0 saturated heterocycles. The summed E-state index contributed by atoms with van der Waals surface area (Å²) in [6.07, 6.45) is 3.32. The van der Waals surface area contributed by atoms with E-state index in [2.05, 4.69) is 15.9 Å². The first kappa shape index (κ1) is 16.9. The van der Waals surface area contributed by atoms with Crippen LogP contribution in [0.5, 0.6) is 0 Å². The summed E-state index contributed by atoms with van der Waals surface area (Å²) < 4.78 is 29.8. The minimum Gasteiger partial charge on any atom is -0.481 e. The van der Waals surface area contributed by atoms with Crippen LogP contribution >= 0.6 is 27.3 Å². The van der Waals surface area contributed by atoms with Crippen LogP contribution in [-0.2, 0) is 10.7 Å². The lowest BCUT2D eigenvalue weighted by molar-refractivity contribution is -0.143. The minimum absolute atomic E-state index is 0.0235. The van der Waals surface area contributed by atoms with Crippen molar-refractivity contribution < 1.29 is 18.7 Å². The molecule has 118 valence electrons. The van der Waals surface area contributed by atoms with E-state index >= 15 is 0 Å². The molecule has 0 unspecified atom stereocenters. The van der Waals surface area contributed by atoms with Crippen molar-refractivity contribution in [2.45, 2.75) is 57.8 Å². The Kier molecular flexibility index (Phi) is 5.08. The third-order valence-electron chi connectivity index (χ3n) is 4.18. The van der Waals surface area contributed by atoms with Gasteiger partial charge in [0.25, 0.3) is 5.92 Å². The van der Waals surface area contributed by atoms with E-state index in [9.17, 15) is 13.6 Å². The smallest absolute Gasteiger partial charge is 0.303 e. The lowest BCUT2D eigenvalue weighted by Crippen LogP contribution is -2.33. The zero-order valence-corrected chi connectivity index (χ0v) is 14.3. The molecular weight excluding hydrogens is 362 g/mol. The average molecular weight is 381 g/mol. The van der Waals surface area contributed by atoms with Gasteiger partial charge in [-0.25, -0.2) is 8.78 Å². The van der Waals surface area contributed by atoms with Crippen LogP contribution < -0.4 is 0 Å². The van der Waals surface area contributed by atoms with Gasteiger partial charge in [0.2, 0.25) is 0 Å². The fourth-order valence-electron chi connectivity index (χ4n) is 3.32. The van der Waals surface area contributed by atoms with Gasteiger partial charge in [-0.2, -0.15) is 0 Å². The lowest BCUT2D eigenvalue weighted by atomic mass is 9.68. The molecule has 1 aromatic rings. The summed E-state index contributed by atoms with van der Waals surface area (Å²) in [5.41, 5.74) is -0.773. The van der Waals surface area contributed by atoms with Crippen molar-refractivity contribution in [3.63, 3.8) is 0 Å². The molecule has 0 spiro atoms. The summed E-state index contributed by atoms with van der Waals surface area (Å²) in [6.45, 7) is 1.79. The molecule has 1 heterocycles. The summed E-state index contributed by atoms with van der Waals surface area (Å²) in [5.74, 6) is -3.96. The zero-order chi connectivity index (χ0) is 15.7. The van der Waals surface area contributed by atoms with Crippen molar-refractivity contribution in [1.29, 1.82) is 0 Å². The highest BCUT2D eigenvalue weighted by atomic mass is 79.9. The first-order valence-corrected chi connectivity index (χ1v) is 8.71. The number of carboxylic acids is 1. The third-order valence-corrected chi connectivity index (χ3v) is 6.23. The normalized spacial score (nSPS) is 18.7. The Labute approximate surface area is 135 Å². The largest absolute Gasteiger partial charge is 0.481 e. The highest BCUT2D eigenvalue weighted by Crippen LogP contribution is 2.52. The maximum Gasteiger partial charge on any atom is 0.303 e. The van der Waals surface area contributed by atoms with E-state index in [0.29, 0.717) is 17.3 Å². The van der Waals surface area contributed by atoms with Crippen molar-refractivity contribution in [2.24, 2.45) is 5.41 Å². The summed E-state index contributed by atoms with van der Waals surface area (Å²) in [6, 6.07) is 1.69. The first-order valence-electron chi connectivity index (χ1n) is 7.10.